The second-order valence-electron chi connectivity index (χ2n) is 6.12. The molecule has 2 fully saturated rings. The molecule has 2 aliphatic rings. The number of nitrogens with zero attached hydrogens (tertiary/aromatic N) is 3. The molecule has 0 aliphatic carbocycles. The number of piperazine rings is 1. The van der Waals surface area contributed by atoms with Crippen LogP contribution in [0.4, 0.5) is 0 Å². The van der Waals surface area contributed by atoms with Gasteiger partial charge < -0.3 is 14.4 Å². The van der Waals surface area contributed by atoms with Gasteiger partial charge in [-0.3, -0.25) is 0 Å². The summed E-state index contributed by atoms with van der Waals surface area (Å²) < 4.78 is 40.9. The average Bonchev–Trinajstić information content (AvgIpc) is 3.07. The Morgan fingerprint density at radius 2 is 2.21 bits per heavy atom. The molecule has 0 saturated carbocycles. The summed E-state index contributed by atoms with van der Waals surface area (Å²) in [6.45, 7) is 3.81. The van der Waals surface area contributed by atoms with Gasteiger partial charge in [0.25, 0.3) is 10.2 Å². The van der Waals surface area contributed by atoms with E-state index in [2.05, 4.69) is 14.6 Å². The Morgan fingerprint density at radius 1 is 1.42 bits per heavy atom. The monoisotopic (exact) mass is 376 g/mol. The van der Waals surface area contributed by atoms with Gasteiger partial charge in [0.2, 0.25) is 0 Å². The second kappa shape index (κ2) is 8.17. The summed E-state index contributed by atoms with van der Waals surface area (Å²) in [4.78, 5) is 6.31. The Bertz CT molecular complexity index is 602. The Hall–Kier alpha value is -0.620. The van der Waals surface area contributed by atoms with Crippen LogP contribution in [0, 0.1) is 0 Å². The van der Waals surface area contributed by atoms with Gasteiger partial charge in [0.1, 0.15) is 0 Å². The molecule has 1 N–H and O–H groups in total. The van der Waals surface area contributed by atoms with Crippen LogP contribution in [-0.4, -0.2) is 81.2 Å². The van der Waals surface area contributed by atoms with Crippen molar-refractivity contribution in [3.8, 4) is 0 Å². The van der Waals surface area contributed by atoms with Crippen LogP contribution < -0.4 is 4.72 Å². The highest BCUT2D eigenvalue weighted by molar-refractivity contribution is 7.87. The van der Waals surface area contributed by atoms with E-state index in [1.54, 1.807) is 5.51 Å². The Kier molecular flexibility index (Phi) is 6.19. The lowest BCUT2D eigenvalue weighted by atomic mass is 10.1. The summed E-state index contributed by atoms with van der Waals surface area (Å²) >= 11 is 1.51. The maximum atomic E-state index is 12.6. The van der Waals surface area contributed by atoms with Crippen LogP contribution in [0.1, 0.15) is 12.1 Å². The molecule has 0 aromatic carbocycles. The minimum atomic E-state index is -3.50. The third-order valence-electron chi connectivity index (χ3n) is 4.34. The smallest absolute Gasteiger partial charge is 0.279 e. The van der Waals surface area contributed by atoms with Crippen LogP contribution in [0.5, 0.6) is 0 Å². The molecule has 2 saturated heterocycles. The Morgan fingerprint density at radius 3 is 2.92 bits per heavy atom. The van der Waals surface area contributed by atoms with Gasteiger partial charge in [0, 0.05) is 38.2 Å². The van der Waals surface area contributed by atoms with Crippen LogP contribution in [0.25, 0.3) is 0 Å². The highest BCUT2D eigenvalue weighted by atomic mass is 32.2. The normalized spacial score (nSPS) is 27.4. The Labute approximate surface area is 146 Å². The van der Waals surface area contributed by atoms with E-state index in [1.165, 1.54) is 15.6 Å². The van der Waals surface area contributed by atoms with E-state index in [-0.39, 0.29) is 12.1 Å². The number of hydrogen-bond acceptors (Lipinski definition) is 7. The molecule has 3 heterocycles. The summed E-state index contributed by atoms with van der Waals surface area (Å²) in [5.74, 6) is 0. The summed E-state index contributed by atoms with van der Waals surface area (Å²) in [5.41, 5.74) is 2.61. The fourth-order valence-electron chi connectivity index (χ4n) is 2.81. The van der Waals surface area contributed by atoms with Crippen molar-refractivity contribution in [2.45, 2.75) is 25.2 Å². The van der Waals surface area contributed by atoms with Crippen LogP contribution in [0.3, 0.4) is 0 Å². The molecule has 0 amide bonds. The van der Waals surface area contributed by atoms with Crippen molar-refractivity contribution in [2.24, 2.45) is 0 Å². The fraction of sp³-hybridized carbons (Fsp3) is 0.786. The molecule has 1 aromatic heterocycles. The number of rotatable bonds is 6. The molecule has 0 unspecified atom stereocenters. The first-order valence-electron chi connectivity index (χ1n) is 8.07. The van der Waals surface area contributed by atoms with E-state index in [0.29, 0.717) is 39.3 Å². The van der Waals surface area contributed by atoms with Crippen molar-refractivity contribution < 1.29 is 17.9 Å². The lowest BCUT2D eigenvalue weighted by Crippen LogP contribution is -2.56. The Balaban J connectivity index is 1.58. The van der Waals surface area contributed by atoms with Crippen molar-refractivity contribution in [2.75, 3.05) is 46.4 Å². The van der Waals surface area contributed by atoms with Crippen LogP contribution in [-0.2, 0) is 26.3 Å². The van der Waals surface area contributed by atoms with Gasteiger partial charge in [0.15, 0.2) is 0 Å². The molecule has 136 valence electrons. The molecule has 0 bridgehead atoms. The van der Waals surface area contributed by atoms with Gasteiger partial charge in [0.05, 0.1) is 36.6 Å². The summed E-state index contributed by atoms with van der Waals surface area (Å²) in [7, 11) is -1.51. The maximum Gasteiger partial charge on any atom is 0.279 e. The van der Waals surface area contributed by atoms with E-state index < -0.39 is 10.2 Å². The number of likely N-dealkylation sites (N-methyl/N-ethyl adjacent to an activating group) is 1. The van der Waals surface area contributed by atoms with E-state index in [4.69, 9.17) is 9.47 Å². The number of nitrogens with one attached hydrogen (secondary N) is 1. The molecule has 10 heteroatoms. The van der Waals surface area contributed by atoms with E-state index in [0.717, 1.165) is 18.8 Å². The van der Waals surface area contributed by atoms with E-state index in [1.807, 2.05) is 12.4 Å². The first kappa shape index (κ1) is 18.2. The van der Waals surface area contributed by atoms with Crippen LogP contribution in [0.2, 0.25) is 0 Å². The molecule has 1 aromatic rings. The minimum Gasteiger partial charge on any atom is -0.379 e. The lowest BCUT2D eigenvalue weighted by molar-refractivity contribution is -0.0720. The fourth-order valence-corrected chi connectivity index (χ4v) is 4.79. The quantitative estimate of drug-likeness (QED) is 0.746. The standard InChI is InChI=1S/C14H24N4O4S2/c1-17-3-5-18(6-4-17)24(19,20)16-13-2-7-21-9-14(13)22-8-12-10-23-11-15-12/h10-11,13-14,16H,2-9H2,1H3/t13-,14-/m1/s1. The highest BCUT2D eigenvalue weighted by Gasteiger charge is 2.33. The summed E-state index contributed by atoms with van der Waals surface area (Å²) in [6.07, 6.45) is 0.303. The molecule has 2 aliphatic heterocycles. The third-order valence-corrected chi connectivity index (χ3v) is 6.62. The molecular formula is C14H24N4O4S2. The van der Waals surface area contributed by atoms with Crippen molar-refractivity contribution in [3.05, 3.63) is 16.6 Å². The zero-order valence-electron chi connectivity index (χ0n) is 13.8. The van der Waals surface area contributed by atoms with Crippen LogP contribution in [0.15, 0.2) is 10.9 Å². The molecule has 24 heavy (non-hydrogen) atoms. The predicted molar refractivity (Wildman–Crippen MR) is 91.0 cm³/mol. The minimum absolute atomic E-state index is 0.276. The molecule has 3 rings (SSSR count). The largest absolute Gasteiger partial charge is 0.379 e. The summed E-state index contributed by atoms with van der Waals surface area (Å²) in [5, 5.41) is 1.92. The number of ether oxygens (including phenoxy) is 2. The topological polar surface area (TPSA) is 84.0 Å². The summed E-state index contributed by atoms with van der Waals surface area (Å²) in [6, 6.07) is -0.276. The van der Waals surface area contributed by atoms with Crippen molar-refractivity contribution in [1.29, 1.82) is 0 Å². The van der Waals surface area contributed by atoms with Gasteiger partial charge in [-0.05, 0) is 13.5 Å². The van der Waals surface area contributed by atoms with Gasteiger partial charge in [-0.25, -0.2) is 4.98 Å². The number of hydrogen-bond donors (Lipinski definition) is 1. The predicted octanol–water partition coefficient (Wildman–Crippen LogP) is -0.101. The third kappa shape index (κ3) is 4.72. The molecule has 2 atom stereocenters. The molecule has 8 nitrogen and oxygen atoms in total. The molecule has 0 spiro atoms. The SMILES string of the molecule is CN1CCN(S(=O)(=O)N[C@@H]2CCOC[C@H]2OCc2cscn2)CC1. The van der Waals surface area contributed by atoms with Crippen molar-refractivity contribution in [1.82, 2.24) is 18.9 Å². The zero-order valence-corrected chi connectivity index (χ0v) is 15.4. The zero-order chi connectivity index (χ0) is 17.0. The van der Waals surface area contributed by atoms with Gasteiger partial charge in [-0.15, -0.1) is 11.3 Å². The van der Waals surface area contributed by atoms with E-state index >= 15 is 0 Å². The van der Waals surface area contributed by atoms with Gasteiger partial charge in [-0.1, -0.05) is 0 Å². The number of thiazole rings is 1. The number of aromatic nitrogens is 1. The first-order chi connectivity index (χ1) is 11.5. The van der Waals surface area contributed by atoms with Crippen LogP contribution >= 0.6 is 11.3 Å². The van der Waals surface area contributed by atoms with Gasteiger partial charge >= 0.3 is 0 Å². The van der Waals surface area contributed by atoms with Gasteiger partial charge in [-0.2, -0.15) is 17.4 Å². The lowest BCUT2D eigenvalue weighted by Gasteiger charge is -2.36. The highest BCUT2D eigenvalue weighted by Crippen LogP contribution is 2.16. The molecular weight excluding hydrogens is 352 g/mol. The second-order valence-corrected chi connectivity index (χ2v) is 8.55. The van der Waals surface area contributed by atoms with Crippen molar-refractivity contribution in [3.63, 3.8) is 0 Å². The van der Waals surface area contributed by atoms with E-state index in [9.17, 15) is 8.42 Å². The molecule has 0 radical (unpaired) electrons. The maximum absolute atomic E-state index is 12.6. The average molecular weight is 377 g/mol. The first-order valence-corrected chi connectivity index (χ1v) is 10.5. The van der Waals surface area contributed by atoms with Crippen molar-refractivity contribution >= 4 is 21.5 Å².